The van der Waals surface area contributed by atoms with Gasteiger partial charge in [-0.15, -0.1) is 10.2 Å². The SMILES string of the molecule is O=C(c1ccnc(-n2cnnc2)c1)N(C/C=C/c1ccccc1)C1CC1. The number of aromatic nitrogens is 4. The lowest BCUT2D eigenvalue weighted by Crippen LogP contribution is -2.33. The molecule has 1 amide bonds. The van der Waals surface area contributed by atoms with Gasteiger partial charge in [-0.3, -0.25) is 9.36 Å². The lowest BCUT2D eigenvalue weighted by Gasteiger charge is -2.21. The normalized spacial score (nSPS) is 13.8. The summed E-state index contributed by atoms with van der Waals surface area (Å²) in [4.78, 5) is 19.2. The summed E-state index contributed by atoms with van der Waals surface area (Å²) in [5.74, 6) is 0.665. The molecule has 26 heavy (non-hydrogen) atoms. The van der Waals surface area contributed by atoms with Crippen LogP contribution < -0.4 is 0 Å². The second-order valence-corrected chi connectivity index (χ2v) is 6.27. The second kappa shape index (κ2) is 7.31. The second-order valence-electron chi connectivity index (χ2n) is 6.27. The van der Waals surface area contributed by atoms with E-state index in [-0.39, 0.29) is 5.91 Å². The summed E-state index contributed by atoms with van der Waals surface area (Å²) in [5.41, 5.74) is 1.76. The van der Waals surface area contributed by atoms with Gasteiger partial charge in [0.05, 0.1) is 0 Å². The fraction of sp³-hybridized carbons (Fsp3) is 0.200. The Labute approximate surface area is 151 Å². The summed E-state index contributed by atoms with van der Waals surface area (Å²) in [6, 6.07) is 14.0. The molecule has 3 aromatic rings. The van der Waals surface area contributed by atoms with Crippen LogP contribution in [0.3, 0.4) is 0 Å². The van der Waals surface area contributed by atoms with E-state index in [1.807, 2.05) is 41.3 Å². The van der Waals surface area contributed by atoms with Crippen LogP contribution in [-0.4, -0.2) is 43.1 Å². The van der Waals surface area contributed by atoms with Crippen molar-refractivity contribution in [1.82, 2.24) is 24.6 Å². The third-order valence-corrected chi connectivity index (χ3v) is 4.34. The molecular weight excluding hydrogens is 326 g/mol. The minimum absolute atomic E-state index is 0.0296. The molecule has 1 saturated carbocycles. The Kier molecular flexibility index (Phi) is 4.55. The maximum Gasteiger partial charge on any atom is 0.254 e. The molecule has 0 saturated heterocycles. The fourth-order valence-corrected chi connectivity index (χ4v) is 2.83. The molecule has 2 heterocycles. The van der Waals surface area contributed by atoms with E-state index in [4.69, 9.17) is 0 Å². The van der Waals surface area contributed by atoms with E-state index < -0.39 is 0 Å². The van der Waals surface area contributed by atoms with Gasteiger partial charge in [-0.25, -0.2) is 4.98 Å². The number of nitrogens with zero attached hydrogens (tertiary/aromatic N) is 5. The van der Waals surface area contributed by atoms with Gasteiger partial charge < -0.3 is 4.90 Å². The lowest BCUT2D eigenvalue weighted by molar-refractivity contribution is 0.0762. The Morgan fingerprint density at radius 2 is 1.92 bits per heavy atom. The number of hydrogen-bond acceptors (Lipinski definition) is 4. The smallest absolute Gasteiger partial charge is 0.254 e. The highest BCUT2D eigenvalue weighted by molar-refractivity contribution is 5.95. The molecule has 0 bridgehead atoms. The van der Waals surface area contributed by atoms with Crippen molar-refractivity contribution in [1.29, 1.82) is 0 Å². The van der Waals surface area contributed by atoms with Crippen LogP contribution in [-0.2, 0) is 0 Å². The Balaban J connectivity index is 1.51. The highest BCUT2D eigenvalue weighted by Crippen LogP contribution is 2.28. The van der Waals surface area contributed by atoms with Crippen LogP contribution in [0.15, 0.2) is 67.4 Å². The summed E-state index contributed by atoms with van der Waals surface area (Å²) in [6.45, 7) is 0.600. The van der Waals surface area contributed by atoms with Crippen LogP contribution in [0.4, 0.5) is 0 Å². The molecule has 6 nitrogen and oxygen atoms in total. The topological polar surface area (TPSA) is 63.9 Å². The molecule has 0 spiro atoms. The van der Waals surface area contributed by atoms with Crippen molar-refractivity contribution in [2.75, 3.05) is 6.54 Å². The maximum atomic E-state index is 13.0. The van der Waals surface area contributed by atoms with Gasteiger partial charge >= 0.3 is 0 Å². The highest BCUT2D eigenvalue weighted by Gasteiger charge is 2.32. The summed E-state index contributed by atoms with van der Waals surface area (Å²) in [5, 5.41) is 7.57. The third-order valence-electron chi connectivity index (χ3n) is 4.34. The molecule has 1 aromatic carbocycles. The standard InChI is InChI=1S/C20H19N5O/c26-20(17-10-11-21-19(13-17)24-14-22-23-15-24)25(18-8-9-18)12-4-7-16-5-2-1-3-6-16/h1-7,10-11,13-15,18H,8-9,12H2/b7-4+. The summed E-state index contributed by atoms with van der Waals surface area (Å²) in [7, 11) is 0. The maximum absolute atomic E-state index is 13.0. The first-order chi connectivity index (χ1) is 12.8. The summed E-state index contributed by atoms with van der Waals surface area (Å²) < 4.78 is 1.69. The van der Waals surface area contributed by atoms with Gasteiger partial charge in [-0.05, 0) is 30.5 Å². The first-order valence-corrected chi connectivity index (χ1v) is 8.65. The Hall–Kier alpha value is -3.28. The number of benzene rings is 1. The predicted octanol–water partition coefficient (Wildman–Crippen LogP) is 2.98. The molecule has 1 fully saturated rings. The number of amides is 1. The van der Waals surface area contributed by atoms with E-state index in [1.165, 1.54) is 0 Å². The monoisotopic (exact) mass is 345 g/mol. The zero-order chi connectivity index (χ0) is 17.8. The van der Waals surface area contributed by atoms with Crippen LogP contribution in [0.1, 0.15) is 28.8 Å². The number of pyridine rings is 1. The van der Waals surface area contributed by atoms with Crippen LogP contribution in [0.2, 0.25) is 0 Å². The molecule has 0 atom stereocenters. The van der Waals surface area contributed by atoms with Crippen LogP contribution >= 0.6 is 0 Å². The third kappa shape index (κ3) is 3.69. The number of hydrogen-bond donors (Lipinski definition) is 0. The van der Waals surface area contributed by atoms with Gasteiger partial charge in [0, 0.05) is 24.3 Å². The largest absolute Gasteiger partial charge is 0.332 e. The predicted molar refractivity (Wildman–Crippen MR) is 98.7 cm³/mol. The van der Waals surface area contributed by atoms with Crippen molar-refractivity contribution >= 4 is 12.0 Å². The van der Waals surface area contributed by atoms with Gasteiger partial charge in [0.25, 0.3) is 5.91 Å². The molecule has 130 valence electrons. The zero-order valence-corrected chi connectivity index (χ0v) is 14.3. The first-order valence-electron chi connectivity index (χ1n) is 8.65. The molecule has 6 heteroatoms. The van der Waals surface area contributed by atoms with Crippen molar-refractivity contribution in [3.05, 3.63) is 78.5 Å². The van der Waals surface area contributed by atoms with E-state index >= 15 is 0 Å². The lowest BCUT2D eigenvalue weighted by atomic mass is 10.2. The molecular formula is C20H19N5O. The molecule has 1 aliphatic carbocycles. The molecule has 4 rings (SSSR count). The highest BCUT2D eigenvalue weighted by atomic mass is 16.2. The van der Waals surface area contributed by atoms with Crippen molar-refractivity contribution in [2.24, 2.45) is 0 Å². The van der Waals surface area contributed by atoms with E-state index in [9.17, 15) is 4.79 Å². The van der Waals surface area contributed by atoms with Gasteiger partial charge in [-0.1, -0.05) is 42.5 Å². The number of carbonyl (C=O) groups is 1. The fourth-order valence-electron chi connectivity index (χ4n) is 2.83. The average Bonchev–Trinajstić information content (AvgIpc) is 3.38. The molecule has 0 radical (unpaired) electrons. The molecule has 1 aliphatic rings. The number of rotatable bonds is 6. The van der Waals surface area contributed by atoms with E-state index in [2.05, 4.69) is 21.3 Å². The van der Waals surface area contributed by atoms with E-state index in [0.29, 0.717) is 24.0 Å². The average molecular weight is 345 g/mol. The minimum atomic E-state index is 0.0296. The molecule has 2 aromatic heterocycles. The molecule has 0 N–H and O–H groups in total. The number of carbonyl (C=O) groups excluding carboxylic acids is 1. The van der Waals surface area contributed by atoms with E-state index in [0.717, 1.165) is 18.4 Å². The molecule has 0 aliphatic heterocycles. The first kappa shape index (κ1) is 16.2. The van der Waals surface area contributed by atoms with E-state index in [1.54, 1.807) is 35.6 Å². The zero-order valence-electron chi connectivity index (χ0n) is 14.3. The van der Waals surface area contributed by atoms with Gasteiger partial charge in [0.2, 0.25) is 0 Å². The van der Waals surface area contributed by atoms with Crippen LogP contribution in [0.5, 0.6) is 0 Å². The summed E-state index contributed by atoms with van der Waals surface area (Å²) in [6.07, 6.45) is 11.0. The Bertz CT molecular complexity index is 901. The summed E-state index contributed by atoms with van der Waals surface area (Å²) >= 11 is 0. The quantitative estimate of drug-likeness (QED) is 0.689. The van der Waals surface area contributed by atoms with Crippen molar-refractivity contribution in [3.8, 4) is 5.82 Å². The van der Waals surface area contributed by atoms with Crippen molar-refractivity contribution < 1.29 is 4.79 Å². The van der Waals surface area contributed by atoms with Gasteiger partial charge in [-0.2, -0.15) is 0 Å². The molecule has 0 unspecified atom stereocenters. The van der Waals surface area contributed by atoms with Crippen molar-refractivity contribution in [2.45, 2.75) is 18.9 Å². The van der Waals surface area contributed by atoms with Gasteiger partial charge in [0.15, 0.2) is 0 Å². The van der Waals surface area contributed by atoms with Crippen molar-refractivity contribution in [3.63, 3.8) is 0 Å². The van der Waals surface area contributed by atoms with Crippen LogP contribution in [0, 0.1) is 0 Å². The Morgan fingerprint density at radius 3 is 2.65 bits per heavy atom. The minimum Gasteiger partial charge on any atom is -0.332 e. The van der Waals surface area contributed by atoms with Crippen LogP contribution in [0.25, 0.3) is 11.9 Å². The Morgan fingerprint density at radius 1 is 1.15 bits per heavy atom. The van der Waals surface area contributed by atoms with Gasteiger partial charge in [0.1, 0.15) is 18.5 Å².